The summed E-state index contributed by atoms with van der Waals surface area (Å²) in [6.45, 7) is 7.69. The largest absolute Gasteiger partial charge is 0.502 e. The fraction of sp³-hybridized carbons (Fsp3) is 0.625. The van der Waals surface area contributed by atoms with Crippen molar-refractivity contribution in [3.05, 3.63) is 25.7 Å². The Morgan fingerprint density at radius 1 is 0.909 bits per heavy atom. The molecule has 126 valence electrons. The molecule has 0 aliphatic rings. The van der Waals surface area contributed by atoms with Gasteiger partial charge in [-0.25, -0.2) is 0 Å². The molecule has 0 fully saturated rings. The maximum Gasteiger partial charge on any atom is 0.309 e. The highest BCUT2D eigenvalue weighted by Crippen LogP contribution is 2.36. The summed E-state index contributed by atoms with van der Waals surface area (Å²) in [5.74, 6) is -1.81. The minimum atomic E-state index is -0.940. The minimum absolute atomic E-state index is 0.0264. The summed E-state index contributed by atoms with van der Waals surface area (Å²) in [4.78, 5) is 22.4. The van der Waals surface area contributed by atoms with Gasteiger partial charge in [0.15, 0.2) is 0 Å². The SMILES string of the molecule is C=COCCCC(CCCOC=C)(CCCC(=O)O)C(=O)O. The van der Waals surface area contributed by atoms with Gasteiger partial charge in [0.1, 0.15) is 0 Å². The molecule has 0 amide bonds. The van der Waals surface area contributed by atoms with Crippen molar-refractivity contribution in [1.29, 1.82) is 0 Å². The van der Waals surface area contributed by atoms with Gasteiger partial charge in [0.2, 0.25) is 0 Å². The Hall–Kier alpha value is -1.98. The van der Waals surface area contributed by atoms with Crippen LogP contribution in [0.4, 0.5) is 0 Å². The van der Waals surface area contributed by atoms with Crippen molar-refractivity contribution < 1.29 is 29.3 Å². The molecule has 0 spiro atoms. The fourth-order valence-electron chi connectivity index (χ4n) is 2.43. The first-order valence-corrected chi connectivity index (χ1v) is 7.38. The van der Waals surface area contributed by atoms with Gasteiger partial charge in [0, 0.05) is 6.42 Å². The summed E-state index contributed by atoms with van der Waals surface area (Å²) in [5.41, 5.74) is -0.940. The zero-order valence-corrected chi connectivity index (χ0v) is 13.0. The van der Waals surface area contributed by atoms with E-state index in [1.165, 1.54) is 12.5 Å². The van der Waals surface area contributed by atoms with Crippen molar-refractivity contribution in [3.63, 3.8) is 0 Å². The van der Waals surface area contributed by atoms with E-state index in [1.54, 1.807) is 0 Å². The molecule has 0 radical (unpaired) electrons. The highest BCUT2D eigenvalue weighted by molar-refractivity contribution is 5.74. The molecule has 0 saturated heterocycles. The summed E-state index contributed by atoms with van der Waals surface area (Å²) >= 11 is 0. The molecule has 0 heterocycles. The van der Waals surface area contributed by atoms with Crippen LogP contribution in [-0.4, -0.2) is 35.4 Å². The van der Waals surface area contributed by atoms with Gasteiger partial charge < -0.3 is 19.7 Å². The lowest BCUT2D eigenvalue weighted by molar-refractivity contribution is -0.151. The molecule has 22 heavy (non-hydrogen) atoms. The number of carboxylic acids is 2. The van der Waals surface area contributed by atoms with Gasteiger partial charge in [0.05, 0.1) is 31.2 Å². The third kappa shape index (κ3) is 8.34. The van der Waals surface area contributed by atoms with Gasteiger partial charge in [-0.15, -0.1) is 0 Å². The Morgan fingerprint density at radius 3 is 1.73 bits per heavy atom. The second-order valence-electron chi connectivity index (χ2n) is 5.11. The van der Waals surface area contributed by atoms with Crippen molar-refractivity contribution in [2.45, 2.75) is 44.9 Å². The van der Waals surface area contributed by atoms with E-state index in [-0.39, 0.29) is 6.42 Å². The lowest BCUT2D eigenvalue weighted by Crippen LogP contribution is -2.32. The van der Waals surface area contributed by atoms with Crippen LogP contribution in [-0.2, 0) is 19.1 Å². The zero-order chi connectivity index (χ0) is 16.8. The number of ether oxygens (including phenoxy) is 2. The van der Waals surface area contributed by atoms with Crippen LogP contribution in [0.3, 0.4) is 0 Å². The molecule has 0 aliphatic carbocycles. The lowest BCUT2D eigenvalue weighted by atomic mass is 9.75. The van der Waals surface area contributed by atoms with Crippen LogP contribution in [0.2, 0.25) is 0 Å². The molecule has 0 aromatic rings. The standard InChI is InChI=1S/C16H26O6/c1-3-21-12-6-10-16(15(19)20,9-5-8-14(17)18)11-7-13-22-4-2/h3-4H,1-2,5-13H2,(H,17,18)(H,19,20). The van der Waals surface area contributed by atoms with E-state index in [1.807, 2.05) is 0 Å². The highest BCUT2D eigenvalue weighted by Gasteiger charge is 2.37. The molecule has 2 N–H and O–H groups in total. The van der Waals surface area contributed by atoms with E-state index < -0.39 is 17.4 Å². The Bertz CT molecular complexity index is 348. The normalized spacial score (nSPS) is 10.7. The van der Waals surface area contributed by atoms with E-state index in [9.17, 15) is 14.7 Å². The van der Waals surface area contributed by atoms with Gasteiger partial charge in [-0.05, 0) is 38.5 Å². The van der Waals surface area contributed by atoms with Crippen molar-refractivity contribution in [1.82, 2.24) is 0 Å². The van der Waals surface area contributed by atoms with Crippen LogP contribution in [0.15, 0.2) is 25.7 Å². The fourth-order valence-corrected chi connectivity index (χ4v) is 2.43. The number of hydrogen-bond acceptors (Lipinski definition) is 4. The molecule has 0 unspecified atom stereocenters. The smallest absolute Gasteiger partial charge is 0.309 e. The lowest BCUT2D eigenvalue weighted by Gasteiger charge is -2.29. The quantitative estimate of drug-likeness (QED) is 0.356. The third-order valence-corrected chi connectivity index (χ3v) is 3.57. The minimum Gasteiger partial charge on any atom is -0.502 e. The molecule has 0 aliphatic heterocycles. The van der Waals surface area contributed by atoms with E-state index >= 15 is 0 Å². The Kier molecular flexibility index (Phi) is 10.6. The molecule has 0 aromatic heterocycles. The van der Waals surface area contributed by atoms with Crippen molar-refractivity contribution in [2.24, 2.45) is 5.41 Å². The number of hydrogen-bond donors (Lipinski definition) is 2. The van der Waals surface area contributed by atoms with Crippen molar-refractivity contribution >= 4 is 11.9 Å². The van der Waals surface area contributed by atoms with E-state index in [2.05, 4.69) is 13.2 Å². The second kappa shape index (κ2) is 11.7. The molecule has 0 atom stereocenters. The number of aliphatic carboxylic acids is 2. The first-order chi connectivity index (χ1) is 10.5. The zero-order valence-electron chi connectivity index (χ0n) is 13.0. The topological polar surface area (TPSA) is 93.1 Å². The number of carboxylic acid groups (broad SMARTS) is 2. The van der Waals surface area contributed by atoms with Gasteiger partial charge in [-0.2, -0.15) is 0 Å². The second-order valence-corrected chi connectivity index (χ2v) is 5.11. The van der Waals surface area contributed by atoms with Gasteiger partial charge in [-0.3, -0.25) is 9.59 Å². The van der Waals surface area contributed by atoms with Crippen LogP contribution in [0.25, 0.3) is 0 Å². The first kappa shape index (κ1) is 20.0. The number of carbonyl (C=O) groups is 2. The van der Waals surface area contributed by atoms with E-state index in [0.717, 1.165) is 0 Å². The van der Waals surface area contributed by atoms with Gasteiger partial charge in [0.25, 0.3) is 0 Å². The molecule has 0 bridgehead atoms. The average molecular weight is 314 g/mol. The Labute approximate surface area is 131 Å². The van der Waals surface area contributed by atoms with Crippen molar-refractivity contribution in [2.75, 3.05) is 13.2 Å². The van der Waals surface area contributed by atoms with Crippen LogP contribution >= 0.6 is 0 Å². The van der Waals surface area contributed by atoms with Crippen LogP contribution in [0, 0.1) is 5.41 Å². The summed E-state index contributed by atoms with van der Waals surface area (Å²) in [6.07, 6.45) is 5.31. The van der Waals surface area contributed by atoms with Gasteiger partial charge >= 0.3 is 11.9 Å². The highest BCUT2D eigenvalue weighted by atomic mass is 16.5. The first-order valence-electron chi connectivity index (χ1n) is 7.38. The Balaban J connectivity index is 4.67. The van der Waals surface area contributed by atoms with Gasteiger partial charge in [-0.1, -0.05) is 13.2 Å². The summed E-state index contributed by atoms with van der Waals surface area (Å²) < 4.78 is 10.1. The van der Waals surface area contributed by atoms with Crippen molar-refractivity contribution in [3.8, 4) is 0 Å². The Morgan fingerprint density at radius 2 is 1.36 bits per heavy atom. The molecule has 0 aromatic carbocycles. The molecular formula is C16H26O6. The van der Waals surface area contributed by atoms with Crippen LogP contribution in [0.5, 0.6) is 0 Å². The third-order valence-electron chi connectivity index (χ3n) is 3.57. The van der Waals surface area contributed by atoms with Crippen LogP contribution in [0.1, 0.15) is 44.9 Å². The summed E-state index contributed by atoms with van der Waals surface area (Å²) in [6, 6.07) is 0. The number of rotatable bonds is 15. The molecule has 0 saturated carbocycles. The van der Waals surface area contributed by atoms with E-state index in [0.29, 0.717) is 51.7 Å². The molecule has 0 rings (SSSR count). The monoisotopic (exact) mass is 314 g/mol. The molecule has 6 nitrogen and oxygen atoms in total. The predicted octanol–water partition coefficient (Wildman–Crippen LogP) is 3.19. The summed E-state index contributed by atoms with van der Waals surface area (Å²) in [5, 5.41) is 18.4. The maximum absolute atomic E-state index is 11.8. The summed E-state index contributed by atoms with van der Waals surface area (Å²) in [7, 11) is 0. The molecular weight excluding hydrogens is 288 g/mol. The predicted molar refractivity (Wildman–Crippen MR) is 82.3 cm³/mol. The molecule has 6 heteroatoms. The average Bonchev–Trinajstić information content (AvgIpc) is 2.46. The van der Waals surface area contributed by atoms with E-state index in [4.69, 9.17) is 14.6 Å². The van der Waals surface area contributed by atoms with Crippen LogP contribution < -0.4 is 0 Å². The maximum atomic E-state index is 11.8.